The van der Waals surface area contributed by atoms with Crippen molar-refractivity contribution in [2.24, 2.45) is 5.92 Å². The molecule has 0 aliphatic carbocycles. The highest BCUT2D eigenvalue weighted by molar-refractivity contribution is 7.98. The first kappa shape index (κ1) is 16.0. The molecule has 0 radical (unpaired) electrons. The molecule has 1 aliphatic rings. The van der Waals surface area contributed by atoms with E-state index in [4.69, 9.17) is 0 Å². The van der Waals surface area contributed by atoms with Gasteiger partial charge in [-0.15, -0.1) is 11.8 Å². The van der Waals surface area contributed by atoms with Gasteiger partial charge in [0.2, 0.25) is 5.91 Å². The van der Waals surface area contributed by atoms with Crippen molar-refractivity contribution in [1.29, 1.82) is 0 Å². The summed E-state index contributed by atoms with van der Waals surface area (Å²) in [7, 11) is 0. The number of hydrogen-bond acceptors (Lipinski definition) is 4. The van der Waals surface area contributed by atoms with E-state index in [1.165, 1.54) is 10.5 Å². The van der Waals surface area contributed by atoms with Gasteiger partial charge in [0, 0.05) is 34.6 Å². The third-order valence-electron chi connectivity index (χ3n) is 3.96. The monoisotopic (exact) mass is 327 g/mol. The summed E-state index contributed by atoms with van der Waals surface area (Å²) in [4.78, 5) is 17.5. The van der Waals surface area contributed by atoms with Crippen LogP contribution < -0.4 is 10.6 Å². The zero-order valence-corrected chi connectivity index (χ0v) is 13.8. The molecule has 2 aromatic rings. The summed E-state index contributed by atoms with van der Waals surface area (Å²) in [6.07, 6.45) is 5.52. The molecular formula is C18H21N3OS. The number of amides is 1. The number of piperidine rings is 1. The number of carbonyl (C=O) groups is 1. The molecule has 1 fully saturated rings. The first-order valence-electron chi connectivity index (χ1n) is 7.94. The fourth-order valence-corrected chi connectivity index (χ4v) is 3.45. The van der Waals surface area contributed by atoms with Gasteiger partial charge in [0.05, 0.1) is 0 Å². The van der Waals surface area contributed by atoms with Crippen molar-refractivity contribution in [1.82, 2.24) is 10.3 Å². The maximum Gasteiger partial charge on any atom is 0.227 e. The fraction of sp³-hybridized carbons (Fsp3) is 0.333. The summed E-state index contributed by atoms with van der Waals surface area (Å²) in [5, 5.41) is 6.31. The third-order valence-corrected chi connectivity index (χ3v) is 5.04. The van der Waals surface area contributed by atoms with Gasteiger partial charge in [-0.05, 0) is 61.8 Å². The number of aromatic nitrogens is 1. The second kappa shape index (κ2) is 8.13. The van der Waals surface area contributed by atoms with Crippen LogP contribution in [0, 0.1) is 5.92 Å². The van der Waals surface area contributed by atoms with Gasteiger partial charge in [-0.3, -0.25) is 9.78 Å². The molecule has 0 bridgehead atoms. The minimum absolute atomic E-state index is 0.135. The van der Waals surface area contributed by atoms with E-state index >= 15 is 0 Å². The summed E-state index contributed by atoms with van der Waals surface area (Å²) < 4.78 is 0. The third kappa shape index (κ3) is 4.81. The Morgan fingerprint density at radius 3 is 2.70 bits per heavy atom. The van der Waals surface area contributed by atoms with E-state index < -0.39 is 0 Å². The molecule has 4 nitrogen and oxygen atoms in total. The van der Waals surface area contributed by atoms with E-state index in [-0.39, 0.29) is 11.8 Å². The van der Waals surface area contributed by atoms with Crippen molar-refractivity contribution in [2.45, 2.75) is 23.5 Å². The Labute approximate surface area is 141 Å². The summed E-state index contributed by atoms with van der Waals surface area (Å²) in [5.41, 5.74) is 2.08. The Hall–Kier alpha value is -1.85. The van der Waals surface area contributed by atoms with Crippen LogP contribution in [-0.2, 0) is 10.5 Å². The van der Waals surface area contributed by atoms with E-state index in [1.807, 2.05) is 24.4 Å². The summed E-state index contributed by atoms with van der Waals surface area (Å²) >= 11 is 1.77. The van der Waals surface area contributed by atoms with E-state index in [0.717, 1.165) is 37.4 Å². The van der Waals surface area contributed by atoms with Crippen molar-refractivity contribution in [3.05, 3.63) is 54.4 Å². The van der Waals surface area contributed by atoms with E-state index in [1.54, 1.807) is 18.0 Å². The normalized spacial score (nSPS) is 15.3. The van der Waals surface area contributed by atoms with Gasteiger partial charge in [-0.1, -0.05) is 6.07 Å². The lowest BCUT2D eigenvalue weighted by molar-refractivity contribution is -0.120. The average Bonchev–Trinajstić information content (AvgIpc) is 2.63. The number of thioether (sulfide) groups is 1. The molecule has 1 saturated heterocycles. The SMILES string of the molecule is O=C(Nc1ccc(SCc2cccnc2)cc1)C1CCNCC1. The van der Waals surface area contributed by atoms with Crippen LogP contribution in [-0.4, -0.2) is 24.0 Å². The lowest BCUT2D eigenvalue weighted by atomic mass is 9.97. The van der Waals surface area contributed by atoms with E-state index in [0.29, 0.717) is 0 Å². The van der Waals surface area contributed by atoms with Crippen LogP contribution in [0.5, 0.6) is 0 Å². The van der Waals surface area contributed by atoms with Gasteiger partial charge in [-0.25, -0.2) is 0 Å². The molecule has 0 saturated carbocycles. The molecule has 1 aromatic heterocycles. The minimum Gasteiger partial charge on any atom is -0.326 e. The molecule has 5 heteroatoms. The number of carbonyl (C=O) groups excluding carboxylic acids is 1. The van der Waals surface area contributed by atoms with Crippen LogP contribution in [0.1, 0.15) is 18.4 Å². The summed E-state index contributed by atoms with van der Waals surface area (Å²) in [6.45, 7) is 1.87. The molecule has 0 unspecified atom stereocenters. The highest BCUT2D eigenvalue weighted by Crippen LogP contribution is 2.24. The Morgan fingerprint density at radius 2 is 2.00 bits per heavy atom. The fourth-order valence-electron chi connectivity index (χ4n) is 2.61. The Balaban J connectivity index is 1.51. The van der Waals surface area contributed by atoms with Crippen LogP contribution >= 0.6 is 11.8 Å². The predicted octanol–water partition coefficient (Wildman–Crippen LogP) is 3.31. The Kier molecular flexibility index (Phi) is 5.66. The quantitative estimate of drug-likeness (QED) is 0.827. The maximum atomic E-state index is 12.2. The summed E-state index contributed by atoms with van der Waals surface area (Å²) in [5.74, 6) is 1.17. The van der Waals surface area contributed by atoms with Gasteiger partial charge in [0.1, 0.15) is 0 Å². The van der Waals surface area contributed by atoms with Crippen LogP contribution in [0.15, 0.2) is 53.7 Å². The van der Waals surface area contributed by atoms with Gasteiger partial charge >= 0.3 is 0 Å². The highest BCUT2D eigenvalue weighted by Gasteiger charge is 2.20. The molecule has 0 atom stereocenters. The number of rotatable bonds is 5. The van der Waals surface area contributed by atoms with Gasteiger partial charge in [0.25, 0.3) is 0 Å². The van der Waals surface area contributed by atoms with Crippen LogP contribution in [0.25, 0.3) is 0 Å². The molecule has 0 spiro atoms. The number of nitrogens with zero attached hydrogens (tertiary/aromatic N) is 1. The summed E-state index contributed by atoms with van der Waals surface area (Å²) in [6, 6.07) is 12.1. The first-order chi connectivity index (χ1) is 11.3. The van der Waals surface area contributed by atoms with Gasteiger partial charge in [0.15, 0.2) is 0 Å². The zero-order valence-electron chi connectivity index (χ0n) is 13.0. The number of hydrogen-bond donors (Lipinski definition) is 2. The van der Waals surface area contributed by atoms with Crippen molar-refractivity contribution >= 4 is 23.4 Å². The maximum absolute atomic E-state index is 12.2. The van der Waals surface area contributed by atoms with Gasteiger partial charge in [-0.2, -0.15) is 0 Å². The smallest absolute Gasteiger partial charge is 0.227 e. The van der Waals surface area contributed by atoms with Crippen molar-refractivity contribution < 1.29 is 4.79 Å². The van der Waals surface area contributed by atoms with E-state index in [9.17, 15) is 4.79 Å². The molecule has 2 heterocycles. The van der Waals surface area contributed by atoms with Crippen LogP contribution in [0.3, 0.4) is 0 Å². The Morgan fingerprint density at radius 1 is 1.22 bits per heavy atom. The highest BCUT2D eigenvalue weighted by atomic mass is 32.2. The number of anilines is 1. The van der Waals surface area contributed by atoms with Crippen molar-refractivity contribution in [3.8, 4) is 0 Å². The molecule has 1 aliphatic heterocycles. The number of benzene rings is 1. The molecule has 1 amide bonds. The van der Waals surface area contributed by atoms with Gasteiger partial charge < -0.3 is 10.6 Å². The number of pyridine rings is 1. The van der Waals surface area contributed by atoms with Crippen LogP contribution in [0.4, 0.5) is 5.69 Å². The second-order valence-electron chi connectivity index (χ2n) is 5.69. The lowest BCUT2D eigenvalue weighted by Gasteiger charge is -2.21. The average molecular weight is 327 g/mol. The lowest BCUT2D eigenvalue weighted by Crippen LogP contribution is -2.34. The molecule has 120 valence electrons. The molecule has 2 N–H and O–H groups in total. The standard InChI is InChI=1S/C18H21N3OS/c22-18(15-7-10-19-11-8-15)21-16-3-5-17(6-4-16)23-13-14-2-1-9-20-12-14/h1-6,9,12,15,19H,7-8,10-11,13H2,(H,21,22). The minimum atomic E-state index is 0.135. The van der Waals surface area contributed by atoms with Crippen LogP contribution in [0.2, 0.25) is 0 Å². The number of nitrogens with one attached hydrogen (secondary N) is 2. The molecule has 3 rings (SSSR count). The topological polar surface area (TPSA) is 54.0 Å². The van der Waals surface area contributed by atoms with Crippen molar-refractivity contribution in [2.75, 3.05) is 18.4 Å². The predicted molar refractivity (Wildman–Crippen MR) is 94.5 cm³/mol. The van der Waals surface area contributed by atoms with Crippen molar-refractivity contribution in [3.63, 3.8) is 0 Å². The first-order valence-corrected chi connectivity index (χ1v) is 8.93. The second-order valence-corrected chi connectivity index (χ2v) is 6.74. The molecule has 23 heavy (non-hydrogen) atoms. The molecular weight excluding hydrogens is 306 g/mol. The largest absolute Gasteiger partial charge is 0.326 e. The van der Waals surface area contributed by atoms with E-state index in [2.05, 4.69) is 33.8 Å². The molecule has 1 aromatic carbocycles. The Bertz CT molecular complexity index is 624. The zero-order chi connectivity index (χ0) is 15.9.